The number of hydrogen-bond acceptors (Lipinski definition) is 11. The SMILES string of the molecule is CCN1CNC(N)C2NCN([C@@H]3O[C@H](CN(C(C)C)[C@H]4C[C@H](CCC5Nc6ccc(CC(F)(F)F)cc6N5)C4)[C@@H](O)[C@H]3O)C21. The molecule has 6 rings (SSSR count). The van der Waals surface area contributed by atoms with Crippen molar-refractivity contribution < 1.29 is 28.1 Å². The molecule has 0 radical (unpaired) electrons. The van der Waals surface area contributed by atoms with E-state index < -0.39 is 37.1 Å². The van der Waals surface area contributed by atoms with Crippen LogP contribution in [0.15, 0.2) is 18.2 Å². The molecule has 8 atom stereocenters. The number of aliphatic hydroxyl groups excluding tert-OH is 2. The topological polar surface area (TPSA) is 134 Å². The van der Waals surface area contributed by atoms with Gasteiger partial charge in [-0.05, 0) is 69.7 Å². The van der Waals surface area contributed by atoms with Crippen molar-refractivity contribution in [3.05, 3.63) is 23.8 Å². The summed E-state index contributed by atoms with van der Waals surface area (Å²) in [5.41, 5.74) is 8.17. The molecule has 4 aliphatic heterocycles. The van der Waals surface area contributed by atoms with Crippen LogP contribution in [0.25, 0.3) is 0 Å². The van der Waals surface area contributed by atoms with Crippen LogP contribution in [0.1, 0.15) is 52.0 Å². The van der Waals surface area contributed by atoms with Gasteiger partial charge in [0.15, 0.2) is 0 Å². The number of nitrogens with one attached hydrogen (secondary N) is 4. The number of likely N-dealkylation sites (N-methyl/N-ethyl adjacent to an activating group) is 1. The first-order valence-electron chi connectivity index (χ1n) is 16.1. The Hall–Kier alpha value is -1.75. The molecule has 4 fully saturated rings. The van der Waals surface area contributed by atoms with Crippen molar-refractivity contribution in [3.8, 4) is 0 Å². The summed E-state index contributed by atoms with van der Waals surface area (Å²) in [6, 6.07) is 5.47. The quantitative estimate of drug-likeness (QED) is 0.203. The number of ether oxygens (including phenoxy) is 1. The van der Waals surface area contributed by atoms with Crippen LogP contribution in [0.2, 0.25) is 0 Å². The number of nitrogens with two attached hydrogens (primary N) is 1. The largest absolute Gasteiger partial charge is 0.393 e. The fourth-order valence-electron chi connectivity index (χ4n) is 7.83. The zero-order chi connectivity index (χ0) is 31.3. The second-order valence-corrected chi connectivity index (χ2v) is 13.5. The fourth-order valence-corrected chi connectivity index (χ4v) is 7.83. The molecule has 3 saturated heterocycles. The Morgan fingerprint density at radius 3 is 2.52 bits per heavy atom. The van der Waals surface area contributed by atoms with Gasteiger partial charge in [-0.25, -0.2) is 4.90 Å². The van der Waals surface area contributed by atoms with Gasteiger partial charge in [-0.3, -0.25) is 20.4 Å². The third-order valence-electron chi connectivity index (χ3n) is 10.3. The molecule has 4 unspecified atom stereocenters. The van der Waals surface area contributed by atoms with Crippen molar-refractivity contribution in [2.75, 3.05) is 37.1 Å². The van der Waals surface area contributed by atoms with E-state index in [9.17, 15) is 23.4 Å². The highest BCUT2D eigenvalue weighted by Crippen LogP contribution is 2.40. The minimum atomic E-state index is -4.22. The van der Waals surface area contributed by atoms with Gasteiger partial charge < -0.3 is 31.3 Å². The van der Waals surface area contributed by atoms with Crippen molar-refractivity contribution in [2.45, 2.75) is 120 Å². The molecule has 0 spiro atoms. The maximum Gasteiger partial charge on any atom is 0.393 e. The molecule has 0 bridgehead atoms. The van der Waals surface area contributed by atoms with Crippen LogP contribution in [0.4, 0.5) is 24.5 Å². The first-order valence-corrected chi connectivity index (χ1v) is 16.1. The lowest BCUT2D eigenvalue weighted by molar-refractivity contribution is -0.133. The molecule has 0 amide bonds. The molecule has 8 N–H and O–H groups in total. The molecule has 5 aliphatic rings. The summed E-state index contributed by atoms with van der Waals surface area (Å²) in [6.45, 7) is 8.94. The number of aliphatic hydroxyl groups is 2. The van der Waals surface area contributed by atoms with E-state index >= 15 is 0 Å². The molecule has 1 aliphatic carbocycles. The van der Waals surface area contributed by atoms with Gasteiger partial charge in [0.2, 0.25) is 0 Å². The van der Waals surface area contributed by atoms with E-state index in [1.165, 1.54) is 6.07 Å². The normalized spacial score (nSPS) is 37.6. The number of halogens is 3. The van der Waals surface area contributed by atoms with Crippen molar-refractivity contribution >= 4 is 11.4 Å². The van der Waals surface area contributed by atoms with E-state index in [2.05, 4.69) is 56.7 Å². The lowest BCUT2D eigenvalue weighted by atomic mass is 9.76. The standard InChI is InChI=1S/C30H49F3N8O3/c1-4-39-14-36-27(34)24-28(39)41(15-35-24)29-26(43)25(42)22(44-29)13-40(16(2)3)19-9-17(10-19)6-8-23-37-20-7-5-18(11-21(20)38-23)12-30(31,32)33/h5,7,11,16-17,19,22-29,35-38,42-43H,4,6,8-10,12-15,34H2,1-3H3/t17-,19-,22-,23?,24?,25-,26-,27?,28?,29-/m1/s1. The third-order valence-corrected chi connectivity index (χ3v) is 10.3. The number of anilines is 2. The Morgan fingerprint density at radius 2 is 1.82 bits per heavy atom. The van der Waals surface area contributed by atoms with Gasteiger partial charge in [0, 0.05) is 18.6 Å². The third kappa shape index (κ3) is 6.56. The van der Waals surface area contributed by atoms with E-state index in [1.54, 1.807) is 12.1 Å². The number of nitrogens with zero attached hydrogens (tertiary/aromatic N) is 3. The summed E-state index contributed by atoms with van der Waals surface area (Å²) in [4.78, 5) is 6.76. The number of hydrogen-bond donors (Lipinski definition) is 7. The Morgan fingerprint density at radius 1 is 1.07 bits per heavy atom. The molecular formula is C30H49F3N8O3. The van der Waals surface area contributed by atoms with Crippen LogP contribution in [0, 0.1) is 5.92 Å². The highest BCUT2D eigenvalue weighted by atomic mass is 19.4. The summed E-state index contributed by atoms with van der Waals surface area (Å²) < 4.78 is 44.8. The second-order valence-electron chi connectivity index (χ2n) is 13.5. The molecule has 248 valence electrons. The average Bonchev–Trinajstić information content (AvgIpc) is 3.63. The summed E-state index contributed by atoms with van der Waals surface area (Å²) in [6.07, 6.45) is -4.55. The van der Waals surface area contributed by atoms with Gasteiger partial charge in [0.05, 0.1) is 55.7 Å². The summed E-state index contributed by atoms with van der Waals surface area (Å²) in [5, 5.41) is 35.7. The number of rotatable bonds is 10. The molecule has 4 heterocycles. The van der Waals surface area contributed by atoms with Gasteiger partial charge in [-0.2, -0.15) is 13.2 Å². The number of benzene rings is 1. The maximum absolute atomic E-state index is 12.8. The van der Waals surface area contributed by atoms with E-state index in [1.807, 2.05) is 0 Å². The average molecular weight is 627 g/mol. The van der Waals surface area contributed by atoms with Crippen LogP contribution in [-0.4, -0.2) is 119 Å². The molecule has 0 aromatic heterocycles. The highest BCUT2D eigenvalue weighted by Gasteiger charge is 2.53. The van der Waals surface area contributed by atoms with Gasteiger partial charge in [-0.1, -0.05) is 13.0 Å². The number of fused-ring (bicyclic) bond motifs is 2. The zero-order valence-corrected chi connectivity index (χ0v) is 25.8. The monoisotopic (exact) mass is 626 g/mol. The maximum atomic E-state index is 12.8. The minimum absolute atomic E-state index is 0.00430. The van der Waals surface area contributed by atoms with E-state index in [0.717, 1.165) is 43.6 Å². The van der Waals surface area contributed by atoms with Crippen LogP contribution in [0.3, 0.4) is 0 Å². The van der Waals surface area contributed by atoms with Gasteiger partial charge in [0.1, 0.15) is 24.5 Å². The first-order chi connectivity index (χ1) is 20.9. The number of alkyl halides is 3. The Kier molecular flexibility index (Phi) is 9.37. The lowest BCUT2D eigenvalue weighted by Gasteiger charge is -2.46. The van der Waals surface area contributed by atoms with Crippen LogP contribution in [-0.2, 0) is 11.2 Å². The predicted octanol–water partition coefficient (Wildman–Crippen LogP) is 1.40. The predicted molar refractivity (Wildman–Crippen MR) is 161 cm³/mol. The van der Waals surface area contributed by atoms with Gasteiger partial charge >= 0.3 is 6.18 Å². The molecule has 1 aromatic carbocycles. The Balaban J connectivity index is 0.990. The molecule has 44 heavy (non-hydrogen) atoms. The molecule has 1 aromatic rings. The van der Waals surface area contributed by atoms with E-state index in [4.69, 9.17) is 10.5 Å². The van der Waals surface area contributed by atoms with Crippen LogP contribution in [0.5, 0.6) is 0 Å². The first kappa shape index (κ1) is 32.2. The van der Waals surface area contributed by atoms with Crippen LogP contribution >= 0.6 is 0 Å². The van der Waals surface area contributed by atoms with E-state index in [0.29, 0.717) is 31.8 Å². The van der Waals surface area contributed by atoms with Crippen LogP contribution < -0.4 is 27.0 Å². The Labute approximate surface area is 257 Å². The summed E-state index contributed by atoms with van der Waals surface area (Å²) in [7, 11) is 0. The van der Waals surface area contributed by atoms with Crippen molar-refractivity contribution in [1.82, 2.24) is 25.3 Å². The highest BCUT2D eigenvalue weighted by molar-refractivity contribution is 5.75. The summed E-state index contributed by atoms with van der Waals surface area (Å²) in [5.74, 6) is 0.555. The molecule has 1 saturated carbocycles. The van der Waals surface area contributed by atoms with Gasteiger partial charge in [0.25, 0.3) is 0 Å². The van der Waals surface area contributed by atoms with Gasteiger partial charge in [-0.15, -0.1) is 0 Å². The smallest absolute Gasteiger partial charge is 0.387 e. The second kappa shape index (κ2) is 12.8. The van der Waals surface area contributed by atoms with Crippen molar-refractivity contribution in [2.24, 2.45) is 11.7 Å². The Bertz CT molecular complexity index is 1140. The molecular weight excluding hydrogens is 577 g/mol. The lowest BCUT2D eigenvalue weighted by Crippen LogP contribution is -2.69. The summed E-state index contributed by atoms with van der Waals surface area (Å²) >= 11 is 0. The van der Waals surface area contributed by atoms with Crippen molar-refractivity contribution in [1.29, 1.82) is 0 Å². The fraction of sp³-hybridized carbons (Fsp3) is 0.800. The molecule has 11 nitrogen and oxygen atoms in total. The van der Waals surface area contributed by atoms with Crippen molar-refractivity contribution in [3.63, 3.8) is 0 Å². The minimum Gasteiger partial charge on any atom is -0.387 e. The zero-order valence-electron chi connectivity index (χ0n) is 25.8. The molecule has 14 heteroatoms. The van der Waals surface area contributed by atoms with E-state index in [-0.39, 0.29) is 36.1 Å².